The zero-order valence-electron chi connectivity index (χ0n) is 11.1. The van der Waals surface area contributed by atoms with Crippen LogP contribution in [0.3, 0.4) is 0 Å². The number of benzene rings is 1. The summed E-state index contributed by atoms with van der Waals surface area (Å²) in [5, 5.41) is 10.7. The lowest BCUT2D eigenvalue weighted by Crippen LogP contribution is -2.20. The van der Waals surface area contributed by atoms with Gasteiger partial charge in [0, 0.05) is 12.1 Å². The van der Waals surface area contributed by atoms with Crippen LogP contribution in [0.4, 0.5) is 0 Å². The number of rotatable bonds is 6. The maximum atomic E-state index is 4.15. The van der Waals surface area contributed by atoms with Gasteiger partial charge in [-0.15, -0.1) is 0 Å². The summed E-state index contributed by atoms with van der Waals surface area (Å²) in [5.74, 6) is 0.720. The van der Waals surface area contributed by atoms with Crippen LogP contribution in [0, 0.1) is 5.92 Å². The highest BCUT2D eigenvalue weighted by Crippen LogP contribution is 2.20. The highest BCUT2D eigenvalue weighted by Gasteiger charge is 2.07. The molecule has 1 atom stereocenters. The average Bonchev–Trinajstić information content (AvgIpc) is 2.88. The number of nitrogens with zero attached hydrogens (tertiary/aromatic N) is 1. The maximum absolute atomic E-state index is 4.15. The predicted octanol–water partition coefficient (Wildman–Crippen LogP) is 3.21. The second kappa shape index (κ2) is 6.36. The lowest BCUT2D eigenvalue weighted by Gasteiger charge is -2.10. The van der Waals surface area contributed by atoms with Gasteiger partial charge in [0.25, 0.3) is 0 Å². The fraction of sp³-hybridized carbons (Fsp3) is 0.400. The molecule has 1 aromatic heterocycles. The van der Waals surface area contributed by atoms with Gasteiger partial charge in [-0.25, -0.2) is 0 Å². The molecular formula is C15H21N3. The first-order valence-corrected chi connectivity index (χ1v) is 6.59. The van der Waals surface area contributed by atoms with Crippen molar-refractivity contribution < 1.29 is 0 Å². The van der Waals surface area contributed by atoms with Crippen molar-refractivity contribution in [3.8, 4) is 11.3 Å². The zero-order chi connectivity index (χ0) is 12.8. The van der Waals surface area contributed by atoms with E-state index in [9.17, 15) is 0 Å². The summed E-state index contributed by atoms with van der Waals surface area (Å²) in [4.78, 5) is 0. The molecule has 0 fully saturated rings. The molecule has 3 nitrogen and oxygen atoms in total. The molecule has 0 aliphatic heterocycles. The van der Waals surface area contributed by atoms with Crippen molar-refractivity contribution in [2.24, 2.45) is 5.92 Å². The number of aromatic nitrogens is 2. The molecule has 1 heterocycles. The fourth-order valence-electron chi connectivity index (χ4n) is 1.90. The highest BCUT2D eigenvalue weighted by molar-refractivity contribution is 5.62. The van der Waals surface area contributed by atoms with Crippen molar-refractivity contribution in [1.82, 2.24) is 15.5 Å². The summed E-state index contributed by atoms with van der Waals surface area (Å²) >= 11 is 0. The van der Waals surface area contributed by atoms with Crippen LogP contribution in [0.15, 0.2) is 36.5 Å². The summed E-state index contributed by atoms with van der Waals surface area (Å²) in [5.41, 5.74) is 3.53. The van der Waals surface area contributed by atoms with Gasteiger partial charge in [0.15, 0.2) is 0 Å². The van der Waals surface area contributed by atoms with Gasteiger partial charge < -0.3 is 5.32 Å². The molecule has 0 radical (unpaired) electrons. The quantitative estimate of drug-likeness (QED) is 0.818. The summed E-state index contributed by atoms with van der Waals surface area (Å²) in [6.07, 6.45) is 3.12. The molecule has 0 aliphatic rings. The topological polar surface area (TPSA) is 40.7 Å². The number of hydrogen-bond acceptors (Lipinski definition) is 2. The van der Waals surface area contributed by atoms with Gasteiger partial charge in [-0.2, -0.15) is 5.10 Å². The van der Waals surface area contributed by atoms with Gasteiger partial charge >= 0.3 is 0 Å². The van der Waals surface area contributed by atoms with Crippen LogP contribution in [0.25, 0.3) is 11.3 Å². The maximum Gasteiger partial charge on any atom is 0.0695 e. The molecule has 0 spiro atoms. The number of aromatic amines is 1. The van der Waals surface area contributed by atoms with Crippen LogP contribution in [-0.2, 0) is 6.54 Å². The first-order valence-electron chi connectivity index (χ1n) is 6.59. The van der Waals surface area contributed by atoms with Gasteiger partial charge in [0.2, 0.25) is 0 Å². The van der Waals surface area contributed by atoms with E-state index in [4.69, 9.17) is 0 Å². The van der Waals surface area contributed by atoms with E-state index in [-0.39, 0.29) is 0 Å². The van der Waals surface area contributed by atoms with Crippen molar-refractivity contribution in [1.29, 1.82) is 0 Å². The van der Waals surface area contributed by atoms with E-state index in [1.54, 1.807) is 0 Å². The Hall–Kier alpha value is -1.61. The Labute approximate surface area is 109 Å². The Morgan fingerprint density at radius 3 is 2.78 bits per heavy atom. The molecule has 2 aromatic rings. The lowest BCUT2D eigenvalue weighted by molar-refractivity contribution is 0.500. The van der Waals surface area contributed by atoms with Crippen LogP contribution < -0.4 is 5.32 Å². The van der Waals surface area contributed by atoms with Crippen LogP contribution in [0.5, 0.6) is 0 Å². The second-order valence-electron chi connectivity index (χ2n) is 4.78. The van der Waals surface area contributed by atoms with Crippen LogP contribution in [0.1, 0.15) is 25.8 Å². The third-order valence-electron chi connectivity index (χ3n) is 3.29. The monoisotopic (exact) mass is 243 g/mol. The summed E-state index contributed by atoms with van der Waals surface area (Å²) < 4.78 is 0. The van der Waals surface area contributed by atoms with Crippen LogP contribution >= 0.6 is 0 Å². The first-order chi connectivity index (χ1) is 8.81. The Kier molecular flexibility index (Phi) is 4.53. The smallest absolute Gasteiger partial charge is 0.0695 e. The van der Waals surface area contributed by atoms with Gasteiger partial charge in [0.1, 0.15) is 0 Å². The van der Waals surface area contributed by atoms with Crippen molar-refractivity contribution in [3.63, 3.8) is 0 Å². The fourth-order valence-corrected chi connectivity index (χ4v) is 1.90. The molecule has 2 N–H and O–H groups in total. The van der Waals surface area contributed by atoms with E-state index in [1.165, 1.54) is 17.5 Å². The van der Waals surface area contributed by atoms with Crippen LogP contribution in [-0.4, -0.2) is 16.7 Å². The molecule has 0 saturated carbocycles. The Morgan fingerprint density at radius 1 is 1.28 bits per heavy atom. The van der Waals surface area contributed by atoms with Crippen molar-refractivity contribution >= 4 is 0 Å². The molecule has 1 unspecified atom stereocenters. The Morgan fingerprint density at radius 2 is 2.06 bits per heavy atom. The van der Waals surface area contributed by atoms with Gasteiger partial charge in [-0.3, -0.25) is 5.10 Å². The number of hydrogen-bond donors (Lipinski definition) is 2. The van der Waals surface area contributed by atoms with E-state index in [0.29, 0.717) is 0 Å². The summed E-state index contributed by atoms with van der Waals surface area (Å²) in [6.45, 7) is 6.40. The first kappa shape index (κ1) is 12.8. The second-order valence-corrected chi connectivity index (χ2v) is 4.78. The molecule has 96 valence electrons. The SMILES string of the molecule is CCC(C)CNCc1cn[nH]c1-c1ccccc1. The minimum Gasteiger partial charge on any atom is -0.312 e. The zero-order valence-corrected chi connectivity index (χ0v) is 11.1. The van der Waals surface area contributed by atoms with Gasteiger partial charge in [-0.1, -0.05) is 50.6 Å². The molecule has 0 aliphatic carbocycles. The third-order valence-corrected chi connectivity index (χ3v) is 3.29. The number of H-pyrrole nitrogens is 1. The van der Waals surface area contributed by atoms with Crippen molar-refractivity contribution in [3.05, 3.63) is 42.1 Å². The molecule has 2 rings (SSSR count). The molecule has 0 amide bonds. The lowest BCUT2D eigenvalue weighted by atomic mass is 10.1. The molecule has 0 bridgehead atoms. The van der Waals surface area contributed by atoms with Gasteiger partial charge in [0.05, 0.1) is 11.9 Å². The largest absolute Gasteiger partial charge is 0.312 e. The standard InChI is InChI=1S/C15H21N3/c1-3-12(2)9-16-10-14-11-17-18-15(14)13-7-5-4-6-8-13/h4-8,11-12,16H,3,9-10H2,1-2H3,(H,17,18). The normalized spacial score (nSPS) is 12.6. The Balaban J connectivity index is 2.00. The van der Waals surface area contributed by atoms with E-state index in [0.717, 1.165) is 24.7 Å². The van der Waals surface area contributed by atoms with Crippen LogP contribution in [0.2, 0.25) is 0 Å². The third kappa shape index (κ3) is 3.20. The van der Waals surface area contributed by atoms with E-state index >= 15 is 0 Å². The summed E-state index contributed by atoms with van der Waals surface area (Å²) in [6, 6.07) is 10.3. The van der Waals surface area contributed by atoms with E-state index < -0.39 is 0 Å². The van der Waals surface area contributed by atoms with E-state index in [2.05, 4.69) is 41.5 Å². The van der Waals surface area contributed by atoms with Gasteiger partial charge in [-0.05, 0) is 18.0 Å². The van der Waals surface area contributed by atoms with E-state index in [1.807, 2.05) is 24.4 Å². The highest BCUT2D eigenvalue weighted by atomic mass is 15.1. The minimum atomic E-state index is 0.720. The van der Waals surface area contributed by atoms with Crippen molar-refractivity contribution in [2.45, 2.75) is 26.8 Å². The molecule has 18 heavy (non-hydrogen) atoms. The van der Waals surface area contributed by atoms with Crippen molar-refractivity contribution in [2.75, 3.05) is 6.54 Å². The Bertz CT molecular complexity index is 462. The number of nitrogens with one attached hydrogen (secondary N) is 2. The summed E-state index contributed by atoms with van der Waals surface area (Å²) in [7, 11) is 0. The molecule has 1 aromatic carbocycles. The molecule has 3 heteroatoms. The molecular weight excluding hydrogens is 222 g/mol. The average molecular weight is 243 g/mol. The molecule has 0 saturated heterocycles. The minimum absolute atomic E-state index is 0.720. The predicted molar refractivity (Wildman–Crippen MR) is 75.2 cm³/mol.